The SMILES string of the molecule is C=CC(=O)N1CCn2nc(C(C)(C)CC)cc2C1C(C)C. The summed E-state index contributed by atoms with van der Waals surface area (Å²) in [6, 6.07) is 2.27. The minimum absolute atomic E-state index is 0.0115. The molecule has 1 aromatic heterocycles. The molecule has 0 aliphatic carbocycles. The van der Waals surface area contributed by atoms with Gasteiger partial charge in [-0.2, -0.15) is 5.10 Å². The molecule has 0 bridgehead atoms. The van der Waals surface area contributed by atoms with Gasteiger partial charge in [0.25, 0.3) is 0 Å². The van der Waals surface area contributed by atoms with Crippen LogP contribution in [0.5, 0.6) is 0 Å². The van der Waals surface area contributed by atoms with Crippen LogP contribution in [0, 0.1) is 5.92 Å². The van der Waals surface area contributed by atoms with Gasteiger partial charge in [0, 0.05) is 12.0 Å². The van der Waals surface area contributed by atoms with E-state index in [4.69, 9.17) is 5.10 Å². The summed E-state index contributed by atoms with van der Waals surface area (Å²) in [6.45, 7) is 16.0. The Morgan fingerprint density at radius 2 is 2.19 bits per heavy atom. The third-order valence-electron chi connectivity index (χ3n) is 4.67. The molecule has 0 N–H and O–H groups in total. The van der Waals surface area contributed by atoms with Gasteiger partial charge in [-0.1, -0.05) is 41.2 Å². The van der Waals surface area contributed by atoms with Gasteiger partial charge in [-0.3, -0.25) is 9.48 Å². The molecular weight excluding hydrogens is 262 g/mol. The fourth-order valence-corrected chi connectivity index (χ4v) is 2.93. The third kappa shape index (κ3) is 2.76. The lowest BCUT2D eigenvalue weighted by Gasteiger charge is -2.37. The van der Waals surface area contributed by atoms with Gasteiger partial charge in [-0.25, -0.2) is 0 Å². The number of nitrogens with zero attached hydrogens (tertiary/aromatic N) is 3. The van der Waals surface area contributed by atoms with E-state index in [0.29, 0.717) is 12.5 Å². The number of amides is 1. The van der Waals surface area contributed by atoms with E-state index >= 15 is 0 Å². The second-order valence-corrected chi connectivity index (χ2v) is 6.84. The highest BCUT2D eigenvalue weighted by atomic mass is 16.2. The van der Waals surface area contributed by atoms with Crippen molar-refractivity contribution in [3.05, 3.63) is 30.1 Å². The summed E-state index contributed by atoms with van der Waals surface area (Å²) in [6.07, 6.45) is 2.46. The Morgan fingerprint density at radius 1 is 1.52 bits per heavy atom. The van der Waals surface area contributed by atoms with Crippen LogP contribution in [0.3, 0.4) is 0 Å². The van der Waals surface area contributed by atoms with E-state index in [0.717, 1.165) is 24.4 Å². The highest BCUT2D eigenvalue weighted by Gasteiger charge is 2.35. The van der Waals surface area contributed by atoms with Gasteiger partial charge in [-0.05, 0) is 24.5 Å². The Hall–Kier alpha value is -1.58. The van der Waals surface area contributed by atoms with Crippen LogP contribution in [0.4, 0.5) is 0 Å². The van der Waals surface area contributed by atoms with Gasteiger partial charge in [0.05, 0.1) is 24.0 Å². The van der Waals surface area contributed by atoms with E-state index in [2.05, 4.69) is 51.9 Å². The molecule has 2 heterocycles. The smallest absolute Gasteiger partial charge is 0.246 e. The first-order valence-electron chi connectivity index (χ1n) is 7.83. The Balaban J connectivity index is 2.45. The van der Waals surface area contributed by atoms with Gasteiger partial charge < -0.3 is 4.90 Å². The van der Waals surface area contributed by atoms with Crippen molar-refractivity contribution >= 4 is 5.91 Å². The predicted octanol–water partition coefficient (Wildman–Crippen LogP) is 3.30. The molecule has 1 aliphatic rings. The fraction of sp³-hybridized carbons (Fsp3) is 0.647. The lowest BCUT2D eigenvalue weighted by atomic mass is 9.86. The van der Waals surface area contributed by atoms with Crippen LogP contribution in [0.1, 0.15) is 58.5 Å². The Kier molecular flexibility index (Phi) is 4.26. The zero-order valence-electron chi connectivity index (χ0n) is 13.9. The summed E-state index contributed by atoms with van der Waals surface area (Å²) in [4.78, 5) is 14.1. The molecule has 1 aromatic rings. The van der Waals surface area contributed by atoms with E-state index in [1.54, 1.807) is 0 Å². The van der Waals surface area contributed by atoms with Gasteiger partial charge in [0.15, 0.2) is 0 Å². The van der Waals surface area contributed by atoms with Crippen LogP contribution in [0.2, 0.25) is 0 Å². The summed E-state index contributed by atoms with van der Waals surface area (Å²) < 4.78 is 2.09. The number of aromatic nitrogens is 2. The van der Waals surface area contributed by atoms with E-state index in [9.17, 15) is 4.79 Å². The molecule has 4 heteroatoms. The lowest BCUT2D eigenvalue weighted by molar-refractivity contribution is -0.130. The van der Waals surface area contributed by atoms with E-state index in [-0.39, 0.29) is 17.4 Å². The largest absolute Gasteiger partial charge is 0.328 e. The average molecular weight is 289 g/mol. The van der Waals surface area contributed by atoms with E-state index in [1.807, 2.05) is 4.90 Å². The van der Waals surface area contributed by atoms with Gasteiger partial charge in [0.1, 0.15) is 0 Å². The van der Waals surface area contributed by atoms with Crippen molar-refractivity contribution in [2.45, 2.75) is 59.0 Å². The minimum Gasteiger partial charge on any atom is -0.328 e. The fourth-order valence-electron chi connectivity index (χ4n) is 2.93. The molecule has 4 nitrogen and oxygen atoms in total. The maximum atomic E-state index is 12.1. The molecule has 1 amide bonds. The van der Waals surface area contributed by atoms with Crippen molar-refractivity contribution in [2.24, 2.45) is 5.92 Å². The second-order valence-electron chi connectivity index (χ2n) is 6.84. The minimum atomic E-state index is 0.0115. The summed E-state index contributed by atoms with van der Waals surface area (Å²) >= 11 is 0. The first-order valence-corrected chi connectivity index (χ1v) is 7.83. The molecule has 1 aliphatic heterocycles. The van der Waals surface area contributed by atoms with Gasteiger partial charge in [0.2, 0.25) is 5.91 Å². The van der Waals surface area contributed by atoms with Gasteiger partial charge >= 0.3 is 0 Å². The molecule has 2 rings (SSSR count). The van der Waals surface area contributed by atoms with Crippen LogP contribution >= 0.6 is 0 Å². The Morgan fingerprint density at radius 3 is 2.71 bits per heavy atom. The molecule has 0 saturated heterocycles. The van der Waals surface area contributed by atoms with E-state index < -0.39 is 0 Å². The van der Waals surface area contributed by atoms with Crippen molar-refractivity contribution < 1.29 is 4.79 Å². The van der Waals surface area contributed by atoms with Gasteiger partial charge in [-0.15, -0.1) is 0 Å². The number of carbonyl (C=O) groups excluding carboxylic acids is 1. The third-order valence-corrected chi connectivity index (χ3v) is 4.67. The summed E-state index contributed by atoms with van der Waals surface area (Å²) in [5, 5.41) is 4.80. The number of rotatable bonds is 4. The molecular formula is C17H27N3O. The molecule has 1 unspecified atom stereocenters. The first kappa shape index (κ1) is 15.8. The molecule has 116 valence electrons. The topological polar surface area (TPSA) is 38.1 Å². The van der Waals surface area contributed by atoms with Crippen LogP contribution < -0.4 is 0 Å². The van der Waals surface area contributed by atoms with Crippen LogP contribution in [-0.2, 0) is 16.8 Å². The standard InChI is InChI=1S/C17H27N3O/c1-7-15(21)19-9-10-20-13(16(19)12(3)4)11-14(18-20)17(5,6)8-2/h7,11-12,16H,1,8-10H2,2-6H3. The maximum Gasteiger partial charge on any atom is 0.246 e. The van der Waals surface area contributed by atoms with Crippen LogP contribution in [0.25, 0.3) is 0 Å². The first-order chi connectivity index (χ1) is 9.81. The Bertz CT molecular complexity index is 542. The molecule has 0 fully saturated rings. The van der Waals surface area contributed by atoms with Crippen molar-refractivity contribution in [2.75, 3.05) is 6.54 Å². The summed E-state index contributed by atoms with van der Waals surface area (Å²) in [5.74, 6) is 0.361. The van der Waals surface area contributed by atoms with Crippen molar-refractivity contribution in [3.8, 4) is 0 Å². The van der Waals surface area contributed by atoms with Crippen LogP contribution in [-0.4, -0.2) is 27.1 Å². The maximum absolute atomic E-state index is 12.1. The molecule has 0 aromatic carbocycles. The molecule has 0 spiro atoms. The zero-order chi connectivity index (χ0) is 15.8. The predicted molar refractivity (Wildman–Crippen MR) is 85.0 cm³/mol. The number of fused-ring (bicyclic) bond motifs is 1. The highest BCUT2D eigenvalue weighted by molar-refractivity contribution is 5.87. The van der Waals surface area contributed by atoms with Crippen LogP contribution in [0.15, 0.2) is 18.7 Å². The van der Waals surface area contributed by atoms with Crippen molar-refractivity contribution in [1.82, 2.24) is 14.7 Å². The monoisotopic (exact) mass is 289 g/mol. The number of carbonyl (C=O) groups is 1. The lowest BCUT2D eigenvalue weighted by Crippen LogP contribution is -2.43. The molecule has 21 heavy (non-hydrogen) atoms. The highest BCUT2D eigenvalue weighted by Crippen LogP contribution is 2.35. The summed E-state index contributed by atoms with van der Waals surface area (Å²) in [7, 11) is 0. The zero-order valence-corrected chi connectivity index (χ0v) is 13.9. The molecule has 0 saturated carbocycles. The molecule has 1 atom stereocenters. The summed E-state index contributed by atoms with van der Waals surface area (Å²) in [5.41, 5.74) is 2.35. The average Bonchev–Trinajstić information content (AvgIpc) is 2.89. The van der Waals surface area contributed by atoms with Crippen molar-refractivity contribution in [1.29, 1.82) is 0 Å². The normalized spacial score (nSPS) is 18.8. The number of hydrogen-bond donors (Lipinski definition) is 0. The molecule has 0 radical (unpaired) electrons. The quantitative estimate of drug-likeness (QED) is 0.798. The number of hydrogen-bond acceptors (Lipinski definition) is 2. The second kappa shape index (κ2) is 5.66. The van der Waals surface area contributed by atoms with Crippen molar-refractivity contribution in [3.63, 3.8) is 0 Å². The van der Waals surface area contributed by atoms with E-state index in [1.165, 1.54) is 6.08 Å². The Labute approximate surface area is 127 Å².